The number of nitrogens with two attached hydrogens (primary N) is 1. The first-order valence-corrected chi connectivity index (χ1v) is 12.4. The van der Waals surface area contributed by atoms with Gasteiger partial charge in [-0.3, -0.25) is 14.5 Å². The van der Waals surface area contributed by atoms with Crippen LogP contribution < -0.4 is 16.0 Å². The number of benzene rings is 3. The molecule has 7 nitrogen and oxygen atoms in total. The lowest BCUT2D eigenvalue weighted by molar-refractivity contribution is -0.137. The summed E-state index contributed by atoms with van der Waals surface area (Å²) in [7, 11) is 0. The molecule has 2 amide bonds. The number of para-hydroxylation sites is 1. The zero-order chi connectivity index (χ0) is 27.9. The van der Waals surface area contributed by atoms with Crippen molar-refractivity contribution in [3.63, 3.8) is 0 Å². The van der Waals surface area contributed by atoms with Crippen molar-refractivity contribution in [3.05, 3.63) is 107 Å². The molecule has 3 aromatic carbocycles. The van der Waals surface area contributed by atoms with Crippen LogP contribution >= 0.6 is 0 Å². The molecule has 0 spiro atoms. The Hall–Kier alpha value is -4.60. The highest BCUT2D eigenvalue weighted by molar-refractivity contribution is 6.05. The number of alkyl halides is 3. The number of fused-ring (bicyclic) bond motifs is 1. The number of nitrogen functional groups attached to an aromatic ring is 1. The summed E-state index contributed by atoms with van der Waals surface area (Å²) in [6.45, 7) is 3.92. The Kier molecular flexibility index (Phi) is 6.63. The van der Waals surface area contributed by atoms with Crippen LogP contribution in [-0.4, -0.2) is 34.2 Å². The van der Waals surface area contributed by atoms with Crippen molar-refractivity contribution in [2.75, 3.05) is 17.2 Å². The third-order valence-corrected chi connectivity index (χ3v) is 6.84. The fraction of sp³-hybridized carbons (Fsp3) is 0.207. The Morgan fingerprint density at radius 3 is 2.41 bits per heavy atom. The lowest BCUT2D eigenvalue weighted by Crippen LogP contribution is -2.55. The van der Waals surface area contributed by atoms with Gasteiger partial charge in [-0.2, -0.15) is 18.3 Å². The minimum Gasteiger partial charge on any atom is -0.399 e. The van der Waals surface area contributed by atoms with E-state index in [1.807, 2.05) is 50.2 Å². The zero-order valence-corrected chi connectivity index (χ0v) is 21.2. The molecule has 4 aromatic rings. The molecule has 0 fully saturated rings. The van der Waals surface area contributed by atoms with E-state index in [0.29, 0.717) is 22.8 Å². The monoisotopic (exact) mass is 533 g/mol. The molecule has 0 radical (unpaired) electrons. The summed E-state index contributed by atoms with van der Waals surface area (Å²) in [5.41, 5.74) is 8.21. The summed E-state index contributed by atoms with van der Waals surface area (Å²) in [6, 6.07) is 19.4. The van der Waals surface area contributed by atoms with Crippen LogP contribution in [0.1, 0.15) is 45.6 Å². The Bertz CT molecular complexity index is 1550. The maximum Gasteiger partial charge on any atom is 0.416 e. The van der Waals surface area contributed by atoms with Gasteiger partial charge in [0.1, 0.15) is 11.9 Å². The molecule has 10 heteroatoms. The molecule has 0 unspecified atom stereocenters. The molecule has 1 aliphatic rings. The van der Waals surface area contributed by atoms with Gasteiger partial charge in [-0.05, 0) is 61.9 Å². The van der Waals surface area contributed by atoms with E-state index in [1.54, 1.807) is 27.8 Å². The number of anilines is 2. The fourth-order valence-corrected chi connectivity index (χ4v) is 5.11. The standard InChI is InChI=1S/C29H26F3N5O2/c1-3-36-27-23(17(2)35-37(27)22-13-5-4-6-14-22)24(18-9-8-12-21(33)16-18)25(28(36)39)34-26(38)19-10-7-11-20(15-19)29(30,31)32/h4-16,24-25H,3,33H2,1-2H3,(H,34,38)/t24-,25+/m0/s1. The van der Waals surface area contributed by atoms with Gasteiger partial charge in [0.2, 0.25) is 0 Å². The average Bonchev–Trinajstić information content (AvgIpc) is 3.25. The fourth-order valence-electron chi connectivity index (χ4n) is 5.11. The number of aryl methyl sites for hydroxylation is 1. The summed E-state index contributed by atoms with van der Waals surface area (Å²) in [6.07, 6.45) is -4.61. The van der Waals surface area contributed by atoms with Crippen LogP contribution in [-0.2, 0) is 11.0 Å². The number of likely N-dealkylation sites (N-methyl/N-ethyl adjacent to an activating group) is 1. The van der Waals surface area contributed by atoms with Gasteiger partial charge in [0.25, 0.3) is 11.8 Å². The highest BCUT2D eigenvalue weighted by atomic mass is 19.4. The summed E-state index contributed by atoms with van der Waals surface area (Å²) >= 11 is 0. The first-order chi connectivity index (χ1) is 18.6. The maximum absolute atomic E-state index is 14.0. The first-order valence-electron chi connectivity index (χ1n) is 12.4. The van der Waals surface area contributed by atoms with Crippen LogP contribution in [0.4, 0.5) is 24.7 Å². The largest absolute Gasteiger partial charge is 0.416 e. The van der Waals surface area contributed by atoms with Crippen LogP contribution in [0.2, 0.25) is 0 Å². The van der Waals surface area contributed by atoms with Crippen molar-refractivity contribution in [3.8, 4) is 5.69 Å². The van der Waals surface area contributed by atoms with Crippen molar-refractivity contribution in [1.29, 1.82) is 0 Å². The molecule has 0 bridgehead atoms. The van der Waals surface area contributed by atoms with Crippen molar-refractivity contribution in [1.82, 2.24) is 15.1 Å². The number of carbonyl (C=O) groups excluding carboxylic acids is 2. The van der Waals surface area contributed by atoms with E-state index in [-0.39, 0.29) is 12.1 Å². The van der Waals surface area contributed by atoms with Gasteiger partial charge in [0, 0.05) is 29.3 Å². The molecule has 2 heterocycles. The van der Waals surface area contributed by atoms with E-state index in [0.717, 1.165) is 23.4 Å². The molecule has 0 aliphatic carbocycles. The van der Waals surface area contributed by atoms with E-state index >= 15 is 0 Å². The highest BCUT2D eigenvalue weighted by Crippen LogP contribution is 2.43. The van der Waals surface area contributed by atoms with E-state index < -0.39 is 35.5 Å². The van der Waals surface area contributed by atoms with E-state index in [2.05, 4.69) is 5.32 Å². The molecule has 2 atom stereocenters. The van der Waals surface area contributed by atoms with Crippen molar-refractivity contribution in [2.45, 2.75) is 32.0 Å². The third kappa shape index (κ3) is 4.73. The van der Waals surface area contributed by atoms with Gasteiger partial charge >= 0.3 is 6.18 Å². The van der Waals surface area contributed by atoms with Crippen LogP contribution in [0, 0.1) is 6.92 Å². The lowest BCUT2D eigenvalue weighted by atomic mass is 9.81. The lowest BCUT2D eigenvalue weighted by Gasteiger charge is -2.38. The first kappa shape index (κ1) is 26.0. The highest BCUT2D eigenvalue weighted by Gasteiger charge is 2.45. The average molecular weight is 534 g/mol. The van der Waals surface area contributed by atoms with Crippen molar-refractivity contribution in [2.24, 2.45) is 0 Å². The normalized spacial score (nSPS) is 17.2. The second-order valence-electron chi connectivity index (χ2n) is 9.33. The van der Waals surface area contributed by atoms with Gasteiger partial charge in [-0.15, -0.1) is 0 Å². The number of aromatic nitrogens is 2. The SMILES string of the molecule is CCN1C(=O)[C@H](NC(=O)c2cccc(C(F)(F)F)c2)[C@@H](c2cccc(N)c2)c2c(C)nn(-c3ccccc3)c21. The summed E-state index contributed by atoms with van der Waals surface area (Å²) < 4.78 is 41.6. The molecule has 1 aliphatic heterocycles. The van der Waals surface area contributed by atoms with Gasteiger partial charge in [-0.25, -0.2) is 4.68 Å². The Morgan fingerprint density at radius 2 is 1.74 bits per heavy atom. The molecule has 0 saturated carbocycles. The van der Waals surface area contributed by atoms with E-state index in [1.165, 1.54) is 12.1 Å². The van der Waals surface area contributed by atoms with Crippen molar-refractivity contribution >= 4 is 23.3 Å². The van der Waals surface area contributed by atoms with Gasteiger partial charge < -0.3 is 11.1 Å². The second kappa shape index (κ2) is 9.94. The number of nitrogens with one attached hydrogen (secondary N) is 1. The smallest absolute Gasteiger partial charge is 0.399 e. The van der Waals surface area contributed by atoms with Crippen LogP contribution in [0.3, 0.4) is 0 Å². The predicted octanol–water partition coefficient (Wildman–Crippen LogP) is 5.08. The minimum absolute atomic E-state index is 0.200. The van der Waals surface area contributed by atoms with Gasteiger partial charge in [0.15, 0.2) is 0 Å². The van der Waals surface area contributed by atoms with Crippen LogP contribution in [0.25, 0.3) is 5.69 Å². The minimum atomic E-state index is -4.61. The number of nitrogens with zero attached hydrogens (tertiary/aromatic N) is 3. The third-order valence-electron chi connectivity index (χ3n) is 6.84. The summed E-state index contributed by atoms with van der Waals surface area (Å²) in [5, 5.41) is 7.50. The molecule has 1 aromatic heterocycles. The zero-order valence-electron chi connectivity index (χ0n) is 21.2. The van der Waals surface area contributed by atoms with E-state index in [4.69, 9.17) is 10.8 Å². The Morgan fingerprint density at radius 1 is 1.03 bits per heavy atom. The quantitative estimate of drug-likeness (QED) is 0.350. The van der Waals surface area contributed by atoms with Crippen molar-refractivity contribution < 1.29 is 22.8 Å². The number of hydrogen-bond acceptors (Lipinski definition) is 4. The summed E-state index contributed by atoms with van der Waals surface area (Å²) in [5.74, 6) is -1.31. The van der Waals surface area contributed by atoms with Gasteiger partial charge in [-0.1, -0.05) is 36.4 Å². The molecular weight excluding hydrogens is 507 g/mol. The molecule has 5 rings (SSSR count). The van der Waals surface area contributed by atoms with Gasteiger partial charge in [0.05, 0.1) is 16.9 Å². The number of halogens is 3. The van der Waals surface area contributed by atoms with Crippen LogP contribution in [0.15, 0.2) is 78.9 Å². The Labute approximate surface area is 223 Å². The molecule has 200 valence electrons. The number of carbonyl (C=O) groups is 2. The van der Waals surface area contributed by atoms with Crippen LogP contribution in [0.5, 0.6) is 0 Å². The summed E-state index contributed by atoms with van der Waals surface area (Å²) in [4.78, 5) is 28.9. The Balaban J connectivity index is 1.66. The molecule has 3 N–H and O–H groups in total. The number of hydrogen-bond donors (Lipinski definition) is 2. The second-order valence-corrected chi connectivity index (χ2v) is 9.33. The number of amides is 2. The topological polar surface area (TPSA) is 93.2 Å². The maximum atomic E-state index is 14.0. The molecule has 39 heavy (non-hydrogen) atoms. The van der Waals surface area contributed by atoms with E-state index in [9.17, 15) is 22.8 Å². The molecule has 0 saturated heterocycles. The predicted molar refractivity (Wildman–Crippen MR) is 142 cm³/mol. The molecular formula is C29H26F3N5O2. The number of rotatable bonds is 5.